The average molecular weight is 322 g/mol. The minimum absolute atomic E-state index is 0.249. The van der Waals surface area contributed by atoms with Crippen LogP contribution in [0.1, 0.15) is 10.4 Å². The molecule has 0 atom stereocenters. The Kier molecular flexibility index (Phi) is 3.77. The van der Waals surface area contributed by atoms with Crippen molar-refractivity contribution in [1.29, 1.82) is 0 Å². The molecule has 0 aliphatic heterocycles. The smallest absolute Gasteiger partial charge is 0.259 e. The van der Waals surface area contributed by atoms with Gasteiger partial charge in [-0.3, -0.25) is 10.1 Å². The number of thiazole rings is 1. The quantitative estimate of drug-likeness (QED) is 0.736. The van der Waals surface area contributed by atoms with E-state index in [9.17, 15) is 4.79 Å². The Balaban J connectivity index is 1.75. The van der Waals surface area contributed by atoms with Gasteiger partial charge in [0, 0.05) is 11.6 Å². The number of halogens is 1. The van der Waals surface area contributed by atoms with Crippen molar-refractivity contribution in [2.75, 3.05) is 5.32 Å². The minimum atomic E-state index is -0.249. The molecule has 3 heterocycles. The van der Waals surface area contributed by atoms with Crippen LogP contribution < -0.4 is 5.32 Å². The van der Waals surface area contributed by atoms with Crippen LogP contribution in [0, 0.1) is 0 Å². The summed E-state index contributed by atoms with van der Waals surface area (Å²) in [5, 5.41) is 7.58. The molecule has 0 aliphatic rings. The van der Waals surface area contributed by atoms with Gasteiger partial charge in [-0.15, -0.1) is 22.7 Å². The van der Waals surface area contributed by atoms with E-state index >= 15 is 0 Å². The number of rotatable bonds is 3. The predicted molar refractivity (Wildman–Crippen MR) is 82.6 cm³/mol. The number of carbonyl (C=O) groups excluding carboxylic acids is 1. The van der Waals surface area contributed by atoms with Gasteiger partial charge in [-0.25, -0.2) is 9.97 Å². The topological polar surface area (TPSA) is 54.9 Å². The fourth-order valence-corrected chi connectivity index (χ4v) is 3.13. The van der Waals surface area contributed by atoms with E-state index in [-0.39, 0.29) is 5.91 Å². The summed E-state index contributed by atoms with van der Waals surface area (Å²) in [6, 6.07) is 7.17. The van der Waals surface area contributed by atoms with Gasteiger partial charge in [0.05, 0.1) is 16.1 Å². The number of hydrogen-bond acceptors (Lipinski definition) is 5. The number of thiophene rings is 1. The SMILES string of the molecule is O=C(Nc1nc(-c2cccs2)cs1)c1ccc(Cl)nc1. The van der Waals surface area contributed by atoms with Gasteiger partial charge >= 0.3 is 0 Å². The second-order valence-electron chi connectivity index (χ2n) is 3.84. The van der Waals surface area contributed by atoms with E-state index < -0.39 is 0 Å². The summed E-state index contributed by atoms with van der Waals surface area (Å²) in [7, 11) is 0. The second-order valence-corrected chi connectivity index (χ2v) is 6.03. The molecule has 3 aromatic rings. The van der Waals surface area contributed by atoms with Gasteiger partial charge in [-0.05, 0) is 23.6 Å². The van der Waals surface area contributed by atoms with E-state index in [0.717, 1.165) is 10.6 Å². The van der Waals surface area contributed by atoms with Gasteiger partial charge in [0.1, 0.15) is 5.15 Å². The maximum Gasteiger partial charge on any atom is 0.259 e. The molecule has 0 aliphatic carbocycles. The molecule has 1 amide bonds. The van der Waals surface area contributed by atoms with Gasteiger partial charge < -0.3 is 0 Å². The lowest BCUT2D eigenvalue weighted by atomic mass is 10.3. The number of nitrogens with one attached hydrogen (secondary N) is 1. The molecule has 0 saturated heterocycles. The third-order valence-electron chi connectivity index (χ3n) is 2.49. The molecule has 0 unspecified atom stereocenters. The number of amides is 1. The molecule has 20 heavy (non-hydrogen) atoms. The van der Waals surface area contributed by atoms with Crippen molar-refractivity contribution in [3.8, 4) is 10.6 Å². The molecule has 0 radical (unpaired) electrons. The van der Waals surface area contributed by atoms with Gasteiger partial charge in [0.2, 0.25) is 0 Å². The van der Waals surface area contributed by atoms with Gasteiger partial charge in [-0.2, -0.15) is 0 Å². The summed E-state index contributed by atoms with van der Waals surface area (Å²) in [6.45, 7) is 0. The summed E-state index contributed by atoms with van der Waals surface area (Å²) < 4.78 is 0. The highest BCUT2D eigenvalue weighted by Crippen LogP contribution is 2.28. The number of aromatic nitrogens is 2. The van der Waals surface area contributed by atoms with E-state index in [2.05, 4.69) is 15.3 Å². The third kappa shape index (κ3) is 2.87. The zero-order valence-corrected chi connectivity index (χ0v) is 12.4. The van der Waals surface area contributed by atoms with Crippen LogP contribution in [0.25, 0.3) is 10.6 Å². The Morgan fingerprint density at radius 2 is 2.15 bits per heavy atom. The van der Waals surface area contributed by atoms with Crippen LogP contribution in [-0.2, 0) is 0 Å². The zero-order valence-electron chi connectivity index (χ0n) is 10.0. The van der Waals surface area contributed by atoms with Crippen LogP contribution in [0.4, 0.5) is 5.13 Å². The van der Waals surface area contributed by atoms with Crippen molar-refractivity contribution in [3.05, 3.63) is 51.9 Å². The van der Waals surface area contributed by atoms with E-state index in [0.29, 0.717) is 15.8 Å². The number of hydrogen-bond donors (Lipinski definition) is 1. The molecule has 3 rings (SSSR count). The first-order valence-electron chi connectivity index (χ1n) is 5.65. The van der Waals surface area contributed by atoms with Gasteiger partial charge in [-0.1, -0.05) is 17.7 Å². The van der Waals surface area contributed by atoms with Crippen molar-refractivity contribution < 1.29 is 4.79 Å². The summed E-state index contributed by atoms with van der Waals surface area (Å²) in [6.07, 6.45) is 1.44. The lowest BCUT2D eigenvalue weighted by Crippen LogP contribution is -2.11. The molecule has 0 spiro atoms. The van der Waals surface area contributed by atoms with Crippen LogP contribution in [0.2, 0.25) is 5.15 Å². The van der Waals surface area contributed by atoms with Crippen molar-refractivity contribution in [3.63, 3.8) is 0 Å². The average Bonchev–Trinajstić information content (AvgIpc) is 3.09. The Morgan fingerprint density at radius 3 is 2.85 bits per heavy atom. The molecule has 0 saturated carbocycles. The van der Waals surface area contributed by atoms with Crippen molar-refractivity contribution >= 4 is 45.3 Å². The normalized spacial score (nSPS) is 10.4. The summed E-state index contributed by atoms with van der Waals surface area (Å²) in [5.41, 5.74) is 1.32. The first kappa shape index (κ1) is 13.2. The number of nitrogens with zero attached hydrogens (tertiary/aromatic N) is 2. The number of carbonyl (C=O) groups is 1. The van der Waals surface area contributed by atoms with Crippen LogP contribution in [-0.4, -0.2) is 15.9 Å². The second kappa shape index (κ2) is 5.70. The van der Waals surface area contributed by atoms with Gasteiger partial charge in [0.15, 0.2) is 5.13 Å². The molecular formula is C13H8ClN3OS2. The largest absolute Gasteiger partial charge is 0.298 e. The molecule has 0 aromatic carbocycles. The molecule has 0 fully saturated rings. The summed E-state index contributed by atoms with van der Waals surface area (Å²) in [5.74, 6) is -0.249. The highest BCUT2D eigenvalue weighted by Gasteiger charge is 2.10. The molecular weight excluding hydrogens is 314 g/mol. The van der Waals surface area contributed by atoms with Crippen molar-refractivity contribution in [2.45, 2.75) is 0 Å². The van der Waals surface area contributed by atoms with Crippen LogP contribution >= 0.6 is 34.3 Å². The standard InChI is InChI=1S/C13H8ClN3OS2/c14-11-4-3-8(6-15-11)12(18)17-13-16-9(7-20-13)10-2-1-5-19-10/h1-7H,(H,16,17,18). The fourth-order valence-electron chi connectivity index (χ4n) is 1.55. The van der Waals surface area contributed by atoms with Crippen LogP contribution in [0.5, 0.6) is 0 Å². The molecule has 7 heteroatoms. The molecule has 0 bridgehead atoms. The van der Waals surface area contributed by atoms with E-state index in [1.807, 2.05) is 22.9 Å². The highest BCUT2D eigenvalue weighted by atomic mass is 35.5. The maximum absolute atomic E-state index is 12.0. The summed E-state index contributed by atoms with van der Waals surface area (Å²) >= 11 is 8.69. The number of anilines is 1. The Hall–Kier alpha value is -1.76. The van der Waals surface area contributed by atoms with Crippen LogP contribution in [0.15, 0.2) is 41.2 Å². The fraction of sp³-hybridized carbons (Fsp3) is 0. The zero-order chi connectivity index (χ0) is 13.9. The molecule has 1 N–H and O–H groups in total. The van der Waals surface area contributed by atoms with Gasteiger partial charge in [0.25, 0.3) is 5.91 Å². The summed E-state index contributed by atoms with van der Waals surface area (Å²) in [4.78, 5) is 21.3. The van der Waals surface area contributed by atoms with E-state index in [1.165, 1.54) is 17.5 Å². The Labute approximate surface area is 128 Å². The van der Waals surface area contributed by atoms with Crippen LogP contribution in [0.3, 0.4) is 0 Å². The van der Waals surface area contributed by atoms with E-state index in [4.69, 9.17) is 11.6 Å². The Bertz CT molecular complexity index is 722. The lowest BCUT2D eigenvalue weighted by Gasteiger charge is -2.00. The number of pyridine rings is 1. The molecule has 3 aromatic heterocycles. The first-order chi connectivity index (χ1) is 9.72. The maximum atomic E-state index is 12.0. The first-order valence-corrected chi connectivity index (χ1v) is 7.78. The monoisotopic (exact) mass is 321 g/mol. The Morgan fingerprint density at radius 1 is 1.25 bits per heavy atom. The lowest BCUT2D eigenvalue weighted by molar-refractivity contribution is 0.102. The van der Waals surface area contributed by atoms with E-state index in [1.54, 1.807) is 23.5 Å². The third-order valence-corrected chi connectivity index (χ3v) is 4.36. The van der Waals surface area contributed by atoms with Crippen molar-refractivity contribution in [1.82, 2.24) is 9.97 Å². The van der Waals surface area contributed by atoms with Crippen molar-refractivity contribution in [2.24, 2.45) is 0 Å². The molecule has 4 nitrogen and oxygen atoms in total. The predicted octanol–water partition coefficient (Wildman–Crippen LogP) is 4.17. The minimum Gasteiger partial charge on any atom is -0.298 e. The highest BCUT2D eigenvalue weighted by molar-refractivity contribution is 7.16. The molecule has 100 valence electrons.